The monoisotopic (exact) mass is 431 g/mol. The van der Waals surface area contributed by atoms with Crippen molar-refractivity contribution in [1.29, 1.82) is 0 Å². The molecule has 1 saturated carbocycles. The quantitative estimate of drug-likeness (QED) is 0.574. The molecule has 1 aliphatic rings. The number of nitrogens with one attached hydrogen (secondary N) is 3. The number of pyridine rings is 1. The Bertz CT molecular complexity index is 951. The molecule has 0 saturated heterocycles. The van der Waals surface area contributed by atoms with Crippen molar-refractivity contribution in [2.75, 3.05) is 20.1 Å². The van der Waals surface area contributed by atoms with Crippen LogP contribution in [0.5, 0.6) is 0 Å². The summed E-state index contributed by atoms with van der Waals surface area (Å²) in [6, 6.07) is 1.70. The van der Waals surface area contributed by atoms with Gasteiger partial charge in [-0.25, -0.2) is 9.78 Å². The van der Waals surface area contributed by atoms with E-state index < -0.39 is 11.2 Å². The Hall–Kier alpha value is -1.90. The molecule has 0 radical (unpaired) electrons. The molecule has 0 atom stereocenters. The summed E-state index contributed by atoms with van der Waals surface area (Å²) in [5, 5.41) is 5.95. The fourth-order valence-corrected chi connectivity index (χ4v) is 2.99. The highest BCUT2D eigenvalue weighted by Crippen LogP contribution is 2.39. The average molecular weight is 432 g/mol. The van der Waals surface area contributed by atoms with Crippen molar-refractivity contribution in [2.45, 2.75) is 39.2 Å². The standard InChI is InChI=1S/C18H25N5O3.2ClH/c1-10(2)9-23-15-14(17(25)22-18(23)26)12(16(24)20-7-6-19-3)8-13(21-15)11-4-5-11;;/h8,10-11,19H,4-7,9H2,1-3H3,(H,20,24)(H,22,25,26);2*1H. The van der Waals surface area contributed by atoms with Gasteiger partial charge in [0.25, 0.3) is 11.5 Å². The predicted octanol–water partition coefficient (Wildman–Crippen LogP) is 1.41. The van der Waals surface area contributed by atoms with Crippen molar-refractivity contribution in [3.8, 4) is 0 Å². The van der Waals surface area contributed by atoms with Gasteiger partial charge in [-0.15, -0.1) is 24.8 Å². The van der Waals surface area contributed by atoms with Crippen molar-refractivity contribution in [3.63, 3.8) is 0 Å². The van der Waals surface area contributed by atoms with Gasteiger partial charge in [0.2, 0.25) is 0 Å². The minimum absolute atomic E-state index is 0. The first-order valence-corrected chi connectivity index (χ1v) is 9.03. The van der Waals surface area contributed by atoms with Gasteiger partial charge >= 0.3 is 5.69 Å². The van der Waals surface area contributed by atoms with Gasteiger partial charge in [0, 0.05) is 31.2 Å². The van der Waals surface area contributed by atoms with Gasteiger partial charge in [0.05, 0.1) is 10.9 Å². The second-order valence-corrected chi connectivity index (χ2v) is 7.19. The van der Waals surface area contributed by atoms with Gasteiger partial charge in [-0.3, -0.25) is 19.1 Å². The molecule has 2 aromatic heterocycles. The van der Waals surface area contributed by atoms with Crippen LogP contribution in [0.1, 0.15) is 48.7 Å². The fourth-order valence-electron chi connectivity index (χ4n) is 2.99. The van der Waals surface area contributed by atoms with E-state index in [-0.39, 0.29) is 47.6 Å². The normalized spacial score (nSPS) is 13.1. The molecule has 1 amide bonds. The van der Waals surface area contributed by atoms with Gasteiger partial charge in [-0.05, 0) is 31.9 Å². The zero-order valence-corrected chi connectivity index (χ0v) is 17.8. The van der Waals surface area contributed by atoms with Crippen LogP contribution in [0.4, 0.5) is 0 Å². The lowest BCUT2D eigenvalue weighted by Crippen LogP contribution is -2.35. The second-order valence-electron chi connectivity index (χ2n) is 7.19. The molecule has 1 fully saturated rings. The largest absolute Gasteiger partial charge is 0.351 e. The summed E-state index contributed by atoms with van der Waals surface area (Å²) in [5.41, 5.74) is 0.304. The molecule has 3 rings (SSSR count). The summed E-state index contributed by atoms with van der Waals surface area (Å²) in [6.45, 7) is 5.47. The van der Waals surface area contributed by atoms with E-state index in [4.69, 9.17) is 0 Å². The number of likely N-dealkylation sites (N-methyl/N-ethyl adjacent to an activating group) is 1. The van der Waals surface area contributed by atoms with Gasteiger partial charge < -0.3 is 10.6 Å². The molecule has 0 aliphatic heterocycles. The third-order valence-electron chi connectivity index (χ3n) is 4.42. The molecule has 28 heavy (non-hydrogen) atoms. The minimum atomic E-state index is -0.571. The second kappa shape index (κ2) is 10.0. The number of H-pyrrole nitrogens is 1. The van der Waals surface area contributed by atoms with Crippen LogP contribution in [0, 0.1) is 5.92 Å². The van der Waals surface area contributed by atoms with Gasteiger partial charge in [0.1, 0.15) is 0 Å². The first-order valence-electron chi connectivity index (χ1n) is 9.03. The zero-order valence-electron chi connectivity index (χ0n) is 16.2. The Morgan fingerprint density at radius 2 is 1.96 bits per heavy atom. The molecule has 3 N–H and O–H groups in total. The van der Waals surface area contributed by atoms with Crippen molar-refractivity contribution in [1.82, 2.24) is 25.2 Å². The SMILES string of the molecule is CNCCNC(=O)c1cc(C2CC2)nc2c1c(=O)[nH]c(=O)n2CC(C)C.Cl.Cl. The molecule has 0 aromatic carbocycles. The van der Waals surface area contributed by atoms with Crippen molar-refractivity contribution in [2.24, 2.45) is 5.92 Å². The minimum Gasteiger partial charge on any atom is -0.351 e. The van der Waals surface area contributed by atoms with E-state index in [1.165, 1.54) is 4.57 Å². The molecule has 1 aliphatic carbocycles. The Kier molecular flexibility index (Phi) is 8.66. The number of aromatic amines is 1. The van der Waals surface area contributed by atoms with E-state index in [0.717, 1.165) is 18.5 Å². The number of fused-ring (bicyclic) bond motifs is 1. The summed E-state index contributed by atoms with van der Waals surface area (Å²) < 4.78 is 1.47. The summed E-state index contributed by atoms with van der Waals surface area (Å²) in [4.78, 5) is 44.5. The van der Waals surface area contributed by atoms with Crippen molar-refractivity contribution in [3.05, 3.63) is 38.2 Å². The number of nitrogens with zero attached hydrogens (tertiary/aromatic N) is 2. The third kappa shape index (κ3) is 5.12. The summed E-state index contributed by atoms with van der Waals surface area (Å²) in [5.74, 6) is 0.168. The molecule has 0 unspecified atom stereocenters. The number of halogens is 2. The molecule has 156 valence electrons. The van der Waals surface area contributed by atoms with Crippen molar-refractivity contribution < 1.29 is 4.79 Å². The number of hydrogen-bond acceptors (Lipinski definition) is 5. The molecule has 2 aromatic rings. The molecule has 2 heterocycles. The predicted molar refractivity (Wildman–Crippen MR) is 114 cm³/mol. The molecule has 0 bridgehead atoms. The van der Waals surface area contributed by atoms with Gasteiger partial charge in [-0.1, -0.05) is 13.8 Å². The first kappa shape index (κ1) is 24.1. The van der Waals surface area contributed by atoms with Crippen LogP contribution in [-0.2, 0) is 6.54 Å². The fraction of sp³-hybridized carbons (Fsp3) is 0.556. The lowest BCUT2D eigenvalue weighted by atomic mass is 10.1. The van der Waals surface area contributed by atoms with E-state index in [0.29, 0.717) is 31.2 Å². The maximum absolute atomic E-state index is 12.7. The number of rotatable bonds is 7. The molecule has 8 nitrogen and oxygen atoms in total. The van der Waals surface area contributed by atoms with Crippen LogP contribution < -0.4 is 21.9 Å². The van der Waals surface area contributed by atoms with E-state index in [9.17, 15) is 14.4 Å². The van der Waals surface area contributed by atoms with Gasteiger partial charge in [0.15, 0.2) is 5.65 Å². The number of carbonyl (C=O) groups excluding carboxylic acids is 1. The smallest absolute Gasteiger partial charge is 0.330 e. The van der Waals surface area contributed by atoms with Gasteiger partial charge in [-0.2, -0.15) is 0 Å². The number of amides is 1. The topological polar surface area (TPSA) is 109 Å². The van der Waals surface area contributed by atoms with Crippen LogP contribution in [-0.4, -0.2) is 40.6 Å². The van der Waals surface area contributed by atoms with E-state index in [2.05, 4.69) is 20.6 Å². The Morgan fingerprint density at radius 3 is 2.54 bits per heavy atom. The van der Waals surface area contributed by atoms with Crippen LogP contribution in [0.3, 0.4) is 0 Å². The van der Waals surface area contributed by atoms with E-state index in [1.807, 2.05) is 13.8 Å². The highest BCUT2D eigenvalue weighted by Gasteiger charge is 2.28. The molecular formula is C18H27Cl2N5O3. The number of carbonyl (C=O) groups is 1. The zero-order chi connectivity index (χ0) is 18.8. The summed E-state index contributed by atoms with van der Waals surface area (Å²) in [6.07, 6.45) is 2.02. The lowest BCUT2D eigenvalue weighted by molar-refractivity contribution is 0.0955. The third-order valence-corrected chi connectivity index (χ3v) is 4.42. The first-order chi connectivity index (χ1) is 12.4. The summed E-state index contributed by atoms with van der Waals surface area (Å²) in [7, 11) is 1.80. The van der Waals surface area contributed by atoms with Crippen molar-refractivity contribution >= 4 is 41.8 Å². The summed E-state index contributed by atoms with van der Waals surface area (Å²) >= 11 is 0. The Morgan fingerprint density at radius 1 is 1.29 bits per heavy atom. The molecular weight excluding hydrogens is 405 g/mol. The van der Waals surface area contributed by atoms with Crippen LogP contribution >= 0.6 is 24.8 Å². The number of hydrogen-bond donors (Lipinski definition) is 3. The molecule has 0 spiro atoms. The van der Waals surface area contributed by atoms with Crippen LogP contribution in [0.2, 0.25) is 0 Å². The Labute approximate surface area is 175 Å². The van der Waals surface area contributed by atoms with Crippen LogP contribution in [0.25, 0.3) is 11.0 Å². The highest BCUT2D eigenvalue weighted by atomic mass is 35.5. The highest BCUT2D eigenvalue weighted by molar-refractivity contribution is 6.05. The average Bonchev–Trinajstić information content (AvgIpc) is 3.42. The maximum Gasteiger partial charge on any atom is 0.330 e. The maximum atomic E-state index is 12.7. The van der Waals surface area contributed by atoms with E-state index in [1.54, 1.807) is 13.1 Å². The Balaban J connectivity index is 0.00000196. The number of aromatic nitrogens is 3. The lowest BCUT2D eigenvalue weighted by Gasteiger charge is -2.14. The van der Waals surface area contributed by atoms with Crippen LogP contribution in [0.15, 0.2) is 15.7 Å². The van der Waals surface area contributed by atoms with E-state index >= 15 is 0 Å². The molecule has 10 heteroatoms.